The van der Waals surface area contributed by atoms with E-state index in [9.17, 15) is 4.79 Å². The van der Waals surface area contributed by atoms with Crippen LogP contribution in [0, 0.1) is 11.8 Å². The number of rotatable bonds is 8. The predicted octanol–water partition coefficient (Wildman–Crippen LogP) is 2.75. The second-order valence-corrected chi connectivity index (χ2v) is 8.70. The number of hydrogen-bond acceptors (Lipinski definition) is 4. The number of hydrogen-bond donors (Lipinski definition) is 1. The van der Waals surface area contributed by atoms with Crippen LogP contribution in [0.25, 0.3) is 0 Å². The monoisotopic (exact) mass is 371 g/mol. The predicted molar refractivity (Wildman–Crippen MR) is 107 cm³/mol. The van der Waals surface area contributed by atoms with Crippen LogP contribution in [0.5, 0.6) is 5.75 Å². The topological polar surface area (TPSA) is 58.8 Å². The Bertz CT molecular complexity index is 629. The zero-order chi connectivity index (χ0) is 18.6. The van der Waals surface area contributed by atoms with E-state index < -0.39 is 5.91 Å². The van der Waals surface area contributed by atoms with Crippen molar-refractivity contribution in [3.05, 3.63) is 29.8 Å². The quantitative estimate of drug-likeness (QED) is 0.714. The maximum Gasteiger partial charge on any atom is 0.248 e. The molecule has 1 amide bonds. The minimum atomic E-state index is -0.399. The van der Waals surface area contributed by atoms with Gasteiger partial charge in [-0.3, -0.25) is 9.69 Å². The lowest BCUT2D eigenvalue weighted by atomic mass is 9.83. The molecular formula is C22H33N3O2. The number of carbonyl (C=O) groups is 1. The van der Waals surface area contributed by atoms with Crippen LogP contribution >= 0.6 is 0 Å². The SMILES string of the molecule is NC(=O)c1ccc(OCCCN2C[C@H]3CC[C@@H](C2)N(CC2CCC2)C3)cc1. The van der Waals surface area contributed by atoms with Gasteiger partial charge < -0.3 is 15.4 Å². The van der Waals surface area contributed by atoms with Gasteiger partial charge in [-0.15, -0.1) is 0 Å². The lowest BCUT2D eigenvalue weighted by molar-refractivity contribution is 0.0891. The zero-order valence-electron chi connectivity index (χ0n) is 16.3. The van der Waals surface area contributed by atoms with Gasteiger partial charge in [0.15, 0.2) is 0 Å². The van der Waals surface area contributed by atoms with Crippen LogP contribution in [0.15, 0.2) is 24.3 Å². The number of nitrogens with zero attached hydrogens (tertiary/aromatic N) is 2. The molecule has 3 aliphatic heterocycles. The van der Waals surface area contributed by atoms with Crippen LogP contribution in [0.2, 0.25) is 0 Å². The zero-order valence-corrected chi connectivity index (χ0v) is 16.3. The fourth-order valence-corrected chi connectivity index (χ4v) is 4.88. The molecule has 148 valence electrons. The number of benzene rings is 1. The van der Waals surface area contributed by atoms with Crippen LogP contribution in [0.3, 0.4) is 0 Å². The highest BCUT2D eigenvalue weighted by atomic mass is 16.5. The molecule has 5 nitrogen and oxygen atoms in total. The molecule has 27 heavy (non-hydrogen) atoms. The minimum Gasteiger partial charge on any atom is -0.494 e. The number of piperidine rings is 1. The summed E-state index contributed by atoms with van der Waals surface area (Å²) in [4.78, 5) is 16.6. The average Bonchev–Trinajstić information content (AvgIpc) is 2.93. The number of ether oxygens (including phenoxy) is 1. The number of fused-ring (bicyclic) bond motifs is 4. The van der Waals surface area contributed by atoms with E-state index in [1.165, 1.54) is 58.3 Å². The number of carbonyl (C=O) groups excluding carboxylic acids is 1. The number of primary amides is 1. The van der Waals surface area contributed by atoms with Gasteiger partial charge in [0.05, 0.1) is 6.61 Å². The minimum absolute atomic E-state index is 0.399. The Morgan fingerprint density at radius 2 is 1.89 bits per heavy atom. The molecule has 1 aromatic rings. The van der Waals surface area contributed by atoms with Crippen molar-refractivity contribution >= 4 is 5.91 Å². The normalized spacial score (nSPS) is 26.5. The third-order valence-electron chi connectivity index (χ3n) is 6.65. The molecule has 1 saturated carbocycles. The third kappa shape index (κ3) is 4.82. The molecule has 4 fully saturated rings. The molecule has 0 aromatic heterocycles. The number of nitrogens with two attached hydrogens (primary N) is 1. The maximum atomic E-state index is 11.1. The van der Waals surface area contributed by atoms with Gasteiger partial charge in [0, 0.05) is 44.3 Å². The summed E-state index contributed by atoms with van der Waals surface area (Å²) in [5.41, 5.74) is 5.79. The van der Waals surface area contributed by atoms with E-state index in [4.69, 9.17) is 10.5 Å². The van der Waals surface area contributed by atoms with Gasteiger partial charge in [-0.2, -0.15) is 0 Å². The summed E-state index contributed by atoms with van der Waals surface area (Å²) in [6.07, 6.45) is 8.19. The smallest absolute Gasteiger partial charge is 0.248 e. The van der Waals surface area contributed by atoms with Crippen LogP contribution in [-0.4, -0.2) is 61.1 Å². The van der Waals surface area contributed by atoms with Crippen molar-refractivity contribution in [2.45, 2.75) is 44.6 Å². The van der Waals surface area contributed by atoms with Crippen molar-refractivity contribution in [2.75, 3.05) is 39.3 Å². The Morgan fingerprint density at radius 3 is 2.59 bits per heavy atom. The molecule has 4 aliphatic rings. The molecular weight excluding hydrogens is 338 g/mol. The second-order valence-electron chi connectivity index (χ2n) is 8.70. The van der Waals surface area contributed by atoms with Crippen LogP contribution in [0.4, 0.5) is 0 Å². The highest BCUT2D eigenvalue weighted by molar-refractivity contribution is 5.92. The van der Waals surface area contributed by atoms with E-state index >= 15 is 0 Å². The average molecular weight is 372 g/mol. The van der Waals surface area contributed by atoms with Crippen molar-refractivity contribution in [2.24, 2.45) is 17.6 Å². The summed E-state index contributed by atoms with van der Waals surface area (Å²) in [5.74, 6) is 2.24. The van der Waals surface area contributed by atoms with Gasteiger partial charge in [0.1, 0.15) is 5.75 Å². The van der Waals surface area contributed by atoms with Gasteiger partial charge in [-0.05, 0) is 68.2 Å². The summed E-state index contributed by atoms with van der Waals surface area (Å²) in [5, 5.41) is 0. The second kappa shape index (κ2) is 8.61. The summed E-state index contributed by atoms with van der Waals surface area (Å²) in [6.45, 7) is 6.98. The highest BCUT2D eigenvalue weighted by Gasteiger charge is 2.36. The lowest BCUT2D eigenvalue weighted by Crippen LogP contribution is -2.47. The fourth-order valence-electron chi connectivity index (χ4n) is 4.88. The molecule has 2 N–H and O–H groups in total. The first-order valence-corrected chi connectivity index (χ1v) is 10.7. The van der Waals surface area contributed by atoms with Crippen molar-refractivity contribution in [3.8, 4) is 5.75 Å². The third-order valence-corrected chi connectivity index (χ3v) is 6.65. The first kappa shape index (κ1) is 18.8. The molecule has 2 bridgehead atoms. The molecule has 3 saturated heterocycles. The largest absolute Gasteiger partial charge is 0.494 e. The summed E-state index contributed by atoms with van der Waals surface area (Å²) in [7, 11) is 0. The van der Waals surface area contributed by atoms with E-state index in [1.54, 1.807) is 12.1 Å². The van der Waals surface area contributed by atoms with Crippen LogP contribution in [0.1, 0.15) is 48.9 Å². The first-order valence-electron chi connectivity index (χ1n) is 10.7. The van der Waals surface area contributed by atoms with Crippen molar-refractivity contribution in [1.82, 2.24) is 9.80 Å². The van der Waals surface area contributed by atoms with Crippen LogP contribution < -0.4 is 10.5 Å². The summed E-state index contributed by atoms with van der Waals surface area (Å²) in [6, 6.07) is 7.86. The van der Waals surface area contributed by atoms with Crippen molar-refractivity contribution < 1.29 is 9.53 Å². The molecule has 3 heterocycles. The van der Waals surface area contributed by atoms with Gasteiger partial charge in [0.25, 0.3) is 0 Å². The van der Waals surface area contributed by atoms with Gasteiger partial charge in [-0.25, -0.2) is 0 Å². The molecule has 1 aliphatic carbocycles. The molecule has 1 aromatic carbocycles. The van der Waals surface area contributed by atoms with Crippen molar-refractivity contribution in [3.63, 3.8) is 0 Å². The van der Waals surface area contributed by atoms with E-state index in [0.717, 1.165) is 36.6 Å². The van der Waals surface area contributed by atoms with Gasteiger partial charge >= 0.3 is 0 Å². The Morgan fingerprint density at radius 1 is 1.07 bits per heavy atom. The Balaban J connectivity index is 1.20. The standard InChI is InChI=1S/C22H33N3O2/c23-22(26)19-6-9-21(10-7-19)27-12-2-11-24-13-18-5-8-20(16-24)25(15-18)14-17-3-1-4-17/h6-7,9-10,17-18,20H,1-5,8,11-16H2,(H2,23,26)/t18-,20+/m1/s1. The fraction of sp³-hybridized carbons (Fsp3) is 0.682. The Hall–Kier alpha value is -1.59. The highest BCUT2D eigenvalue weighted by Crippen LogP contribution is 2.33. The first-order chi connectivity index (χ1) is 13.2. The van der Waals surface area contributed by atoms with Gasteiger partial charge in [0.2, 0.25) is 5.91 Å². The molecule has 0 spiro atoms. The lowest BCUT2D eigenvalue weighted by Gasteiger charge is -2.40. The molecule has 0 unspecified atom stereocenters. The summed E-state index contributed by atoms with van der Waals surface area (Å²) < 4.78 is 5.84. The van der Waals surface area contributed by atoms with E-state index in [2.05, 4.69) is 9.80 Å². The van der Waals surface area contributed by atoms with Gasteiger partial charge in [-0.1, -0.05) is 6.42 Å². The Kier molecular flexibility index (Phi) is 5.98. The summed E-state index contributed by atoms with van der Waals surface area (Å²) >= 11 is 0. The molecule has 0 radical (unpaired) electrons. The molecule has 2 atom stereocenters. The maximum absolute atomic E-state index is 11.1. The Labute approximate surface area is 162 Å². The van der Waals surface area contributed by atoms with E-state index in [-0.39, 0.29) is 0 Å². The van der Waals surface area contributed by atoms with Crippen LogP contribution in [-0.2, 0) is 0 Å². The van der Waals surface area contributed by atoms with Crippen molar-refractivity contribution in [1.29, 1.82) is 0 Å². The number of amides is 1. The molecule has 5 rings (SSSR count). The van der Waals surface area contributed by atoms with E-state index in [0.29, 0.717) is 12.2 Å². The van der Waals surface area contributed by atoms with E-state index in [1.807, 2.05) is 12.1 Å². The molecule has 5 heteroatoms.